The molecule has 1 heterocycles. The Labute approximate surface area is 181 Å². The van der Waals surface area contributed by atoms with Crippen molar-refractivity contribution in [1.29, 1.82) is 0 Å². The van der Waals surface area contributed by atoms with Crippen molar-refractivity contribution >= 4 is 29.9 Å². The highest BCUT2D eigenvalue weighted by Crippen LogP contribution is 2.07. The van der Waals surface area contributed by atoms with E-state index in [1.54, 1.807) is 0 Å². The third-order valence-electron chi connectivity index (χ3n) is 4.42. The predicted molar refractivity (Wildman–Crippen MR) is 125 cm³/mol. The lowest BCUT2D eigenvalue weighted by molar-refractivity contribution is 0.489. The Kier molecular flexibility index (Phi) is 11.1. The van der Waals surface area contributed by atoms with Gasteiger partial charge in [0, 0.05) is 45.0 Å². The van der Waals surface area contributed by atoms with Crippen molar-refractivity contribution in [2.75, 3.05) is 13.6 Å². The van der Waals surface area contributed by atoms with Crippen molar-refractivity contribution in [1.82, 2.24) is 20.2 Å². The van der Waals surface area contributed by atoms with Crippen LogP contribution in [0.4, 0.5) is 0 Å². The number of nitrogens with one attached hydrogen (secondary N) is 2. The van der Waals surface area contributed by atoms with Crippen molar-refractivity contribution in [3.8, 4) is 0 Å². The van der Waals surface area contributed by atoms with Crippen LogP contribution in [-0.2, 0) is 13.0 Å². The molecule has 1 atom stereocenters. The Morgan fingerprint density at radius 3 is 2.56 bits per heavy atom. The SMILES string of the molecule is CN=C(NCCc1nccn1Cc1ccccc1)NC(C)CCC(C)C.I. The lowest BCUT2D eigenvalue weighted by Gasteiger charge is -2.18. The molecule has 0 aliphatic heterocycles. The van der Waals surface area contributed by atoms with E-state index in [1.165, 1.54) is 12.0 Å². The molecular formula is C21H34IN5. The van der Waals surface area contributed by atoms with Crippen molar-refractivity contribution in [2.24, 2.45) is 10.9 Å². The van der Waals surface area contributed by atoms with Crippen LogP contribution in [-0.4, -0.2) is 35.1 Å². The molecule has 6 heteroatoms. The molecule has 1 aromatic heterocycles. The third kappa shape index (κ3) is 8.77. The molecule has 0 spiro atoms. The second-order valence-corrected chi connectivity index (χ2v) is 7.22. The smallest absolute Gasteiger partial charge is 0.191 e. The molecule has 0 amide bonds. The summed E-state index contributed by atoms with van der Waals surface area (Å²) in [5.41, 5.74) is 1.29. The number of hydrogen-bond acceptors (Lipinski definition) is 2. The standard InChI is InChI=1S/C21H33N5.HI/c1-17(2)10-11-18(3)25-21(22-4)24-13-12-20-23-14-15-26(20)16-19-8-6-5-7-9-19;/h5-9,14-15,17-18H,10-13,16H2,1-4H3,(H2,22,24,25);1H. The molecule has 2 N–H and O–H groups in total. The van der Waals surface area contributed by atoms with Crippen molar-refractivity contribution in [3.05, 3.63) is 54.1 Å². The van der Waals surface area contributed by atoms with Gasteiger partial charge in [0.2, 0.25) is 0 Å². The summed E-state index contributed by atoms with van der Waals surface area (Å²) in [6, 6.07) is 10.9. The summed E-state index contributed by atoms with van der Waals surface area (Å²) in [5, 5.41) is 6.87. The Morgan fingerprint density at radius 2 is 1.89 bits per heavy atom. The van der Waals surface area contributed by atoms with E-state index in [0.717, 1.165) is 43.6 Å². The molecule has 0 radical (unpaired) electrons. The van der Waals surface area contributed by atoms with Gasteiger partial charge in [0.1, 0.15) is 5.82 Å². The lowest BCUT2D eigenvalue weighted by atomic mass is 10.0. The molecule has 150 valence electrons. The zero-order chi connectivity index (χ0) is 18.8. The van der Waals surface area contributed by atoms with E-state index in [-0.39, 0.29) is 24.0 Å². The van der Waals surface area contributed by atoms with Crippen LogP contribution in [0.3, 0.4) is 0 Å². The monoisotopic (exact) mass is 483 g/mol. The average molecular weight is 483 g/mol. The first-order valence-corrected chi connectivity index (χ1v) is 9.59. The number of halogens is 1. The molecule has 2 aromatic rings. The maximum atomic E-state index is 4.51. The molecule has 27 heavy (non-hydrogen) atoms. The van der Waals surface area contributed by atoms with Crippen LogP contribution in [0.25, 0.3) is 0 Å². The Bertz CT molecular complexity index is 666. The van der Waals surface area contributed by atoms with Gasteiger partial charge in [-0.15, -0.1) is 24.0 Å². The fourth-order valence-electron chi connectivity index (χ4n) is 2.87. The summed E-state index contributed by atoms with van der Waals surface area (Å²) in [7, 11) is 1.82. The van der Waals surface area contributed by atoms with Crippen molar-refractivity contribution in [2.45, 2.75) is 52.6 Å². The molecule has 0 saturated carbocycles. The molecule has 0 aliphatic carbocycles. The highest BCUT2D eigenvalue weighted by Gasteiger charge is 2.08. The number of hydrogen-bond donors (Lipinski definition) is 2. The van der Waals surface area contributed by atoms with Crippen molar-refractivity contribution in [3.63, 3.8) is 0 Å². The fraction of sp³-hybridized carbons (Fsp3) is 0.524. The number of nitrogens with zero attached hydrogens (tertiary/aromatic N) is 3. The maximum absolute atomic E-state index is 4.51. The number of benzene rings is 1. The average Bonchev–Trinajstić information content (AvgIpc) is 3.07. The van der Waals surface area contributed by atoms with Gasteiger partial charge in [-0.25, -0.2) is 4.98 Å². The van der Waals surface area contributed by atoms with E-state index in [9.17, 15) is 0 Å². The van der Waals surface area contributed by atoms with Gasteiger partial charge in [-0.1, -0.05) is 44.2 Å². The Balaban J connectivity index is 0.00000364. The van der Waals surface area contributed by atoms with E-state index in [2.05, 4.69) is 70.2 Å². The maximum Gasteiger partial charge on any atom is 0.191 e. The largest absolute Gasteiger partial charge is 0.356 e. The van der Waals surface area contributed by atoms with Crippen LogP contribution in [0.5, 0.6) is 0 Å². The van der Waals surface area contributed by atoms with Crippen LogP contribution in [0.1, 0.15) is 45.0 Å². The first-order chi connectivity index (χ1) is 12.6. The highest BCUT2D eigenvalue weighted by molar-refractivity contribution is 14.0. The molecule has 2 rings (SSSR count). The Hall–Kier alpha value is -1.57. The van der Waals surface area contributed by atoms with Gasteiger partial charge in [-0.3, -0.25) is 4.99 Å². The summed E-state index contributed by atoms with van der Waals surface area (Å²) in [6.45, 7) is 8.40. The van der Waals surface area contributed by atoms with E-state index >= 15 is 0 Å². The molecule has 0 aliphatic rings. The lowest BCUT2D eigenvalue weighted by Crippen LogP contribution is -2.43. The molecule has 1 unspecified atom stereocenters. The molecule has 0 saturated heterocycles. The van der Waals surface area contributed by atoms with E-state index < -0.39 is 0 Å². The molecular weight excluding hydrogens is 449 g/mol. The fourth-order valence-corrected chi connectivity index (χ4v) is 2.87. The minimum Gasteiger partial charge on any atom is -0.356 e. The second kappa shape index (κ2) is 12.8. The van der Waals surface area contributed by atoms with Gasteiger partial charge in [0.25, 0.3) is 0 Å². The van der Waals surface area contributed by atoms with E-state index in [0.29, 0.717) is 6.04 Å². The van der Waals surface area contributed by atoms with Gasteiger partial charge in [0.15, 0.2) is 5.96 Å². The zero-order valence-electron chi connectivity index (χ0n) is 17.0. The van der Waals surface area contributed by atoms with Crippen LogP contribution >= 0.6 is 24.0 Å². The number of imidazole rings is 1. The normalized spacial score (nSPS) is 12.6. The number of aliphatic imine (C=N–C) groups is 1. The molecule has 5 nitrogen and oxygen atoms in total. The highest BCUT2D eigenvalue weighted by atomic mass is 127. The van der Waals surface area contributed by atoms with E-state index in [4.69, 9.17) is 0 Å². The van der Waals surface area contributed by atoms with Gasteiger partial charge in [0.05, 0.1) is 0 Å². The van der Waals surface area contributed by atoms with Crippen molar-refractivity contribution < 1.29 is 0 Å². The first-order valence-electron chi connectivity index (χ1n) is 9.59. The number of guanidine groups is 1. The number of rotatable bonds is 9. The summed E-state index contributed by atoms with van der Waals surface area (Å²) in [5.74, 6) is 2.68. The van der Waals surface area contributed by atoms with Gasteiger partial charge < -0.3 is 15.2 Å². The summed E-state index contributed by atoms with van der Waals surface area (Å²) in [4.78, 5) is 8.84. The van der Waals surface area contributed by atoms with Gasteiger partial charge in [-0.05, 0) is 31.2 Å². The van der Waals surface area contributed by atoms with E-state index in [1.807, 2.05) is 25.5 Å². The first kappa shape index (κ1) is 23.5. The summed E-state index contributed by atoms with van der Waals surface area (Å²) >= 11 is 0. The quantitative estimate of drug-likeness (QED) is 0.321. The molecule has 0 fully saturated rings. The minimum absolute atomic E-state index is 0. The zero-order valence-corrected chi connectivity index (χ0v) is 19.3. The second-order valence-electron chi connectivity index (χ2n) is 7.22. The summed E-state index contributed by atoms with van der Waals surface area (Å²) < 4.78 is 2.21. The van der Waals surface area contributed by atoms with Gasteiger partial charge >= 0.3 is 0 Å². The predicted octanol–water partition coefficient (Wildman–Crippen LogP) is 4.08. The topological polar surface area (TPSA) is 54.2 Å². The minimum atomic E-state index is 0. The molecule has 0 bridgehead atoms. The van der Waals surface area contributed by atoms with Crippen LogP contribution in [0.2, 0.25) is 0 Å². The third-order valence-corrected chi connectivity index (χ3v) is 4.42. The number of aromatic nitrogens is 2. The Morgan fingerprint density at radius 1 is 1.15 bits per heavy atom. The molecule has 1 aromatic carbocycles. The summed E-state index contributed by atoms with van der Waals surface area (Å²) in [6.07, 6.45) is 7.16. The van der Waals surface area contributed by atoms with Crippen LogP contribution < -0.4 is 10.6 Å². The van der Waals surface area contributed by atoms with Gasteiger partial charge in [-0.2, -0.15) is 0 Å². The van der Waals surface area contributed by atoms with Crippen LogP contribution in [0.15, 0.2) is 47.7 Å². The van der Waals surface area contributed by atoms with Crippen LogP contribution in [0, 0.1) is 5.92 Å².